The average Bonchev–Trinajstić information content (AvgIpc) is 3.55. The minimum Gasteiger partial charge on any atom is -0.475 e. The number of ether oxygens (including phenoxy) is 1. The number of aromatic amines is 1. The molecule has 0 spiro atoms. The summed E-state index contributed by atoms with van der Waals surface area (Å²) >= 11 is 0. The van der Waals surface area contributed by atoms with Gasteiger partial charge in [0, 0.05) is 49.7 Å². The van der Waals surface area contributed by atoms with E-state index in [1.807, 2.05) is 6.20 Å². The van der Waals surface area contributed by atoms with Gasteiger partial charge < -0.3 is 24.8 Å². The van der Waals surface area contributed by atoms with Crippen molar-refractivity contribution in [2.75, 3.05) is 62.7 Å². The number of pyridine rings is 1. The largest absolute Gasteiger partial charge is 0.475 e. The van der Waals surface area contributed by atoms with Crippen LogP contribution in [-0.2, 0) is 13.0 Å². The highest BCUT2D eigenvalue weighted by atomic mass is 16.5. The molecule has 9 nitrogen and oxygen atoms in total. The topological polar surface area (TPSA) is 96.3 Å². The Morgan fingerprint density at radius 2 is 2.00 bits per heavy atom. The lowest BCUT2D eigenvalue weighted by molar-refractivity contribution is 0.192. The number of nitrogens with zero attached hydrogens (tertiary/aromatic N) is 6. The molecule has 2 saturated heterocycles. The number of H-pyrrole nitrogens is 1. The first kappa shape index (κ1) is 23.1. The van der Waals surface area contributed by atoms with Crippen molar-refractivity contribution in [1.82, 2.24) is 25.4 Å². The summed E-state index contributed by atoms with van der Waals surface area (Å²) in [7, 11) is 2.15. The molecule has 0 amide bonds. The van der Waals surface area contributed by atoms with E-state index in [1.165, 1.54) is 23.2 Å². The lowest BCUT2D eigenvalue weighted by Gasteiger charge is -2.37. The van der Waals surface area contributed by atoms with Gasteiger partial charge >= 0.3 is 0 Å². The van der Waals surface area contributed by atoms with E-state index >= 15 is 0 Å². The Hall–Kier alpha value is -3.35. The average molecular weight is 487 g/mol. The van der Waals surface area contributed by atoms with Crippen molar-refractivity contribution in [2.45, 2.75) is 38.8 Å². The Balaban J connectivity index is 1.40. The van der Waals surface area contributed by atoms with Crippen molar-refractivity contribution < 1.29 is 4.74 Å². The maximum atomic E-state index is 10.3. The monoisotopic (exact) mass is 486 g/mol. The minimum absolute atomic E-state index is 0.370. The molecule has 36 heavy (non-hydrogen) atoms. The number of fused-ring (bicyclic) bond motifs is 2. The Morgan fingerprint density at radius 3 is 2.78 bits per heavy atom. The summed E-state index contributed by atoms with van der Waals surface area (Å²) in [5.74, 6) is 0.491. The molecular formula is C27H34N8O. The van der Waals surface area contributed by atoms with Crippen LogP contribution in [0.4, 0.5) is 11.4 Å². The Bertz CT molecular complexity index is 1310. The van der Waals surface area contributed by atoms with Crippen LogP contribution in [0.25, 0.3) is 10.9 Å². The van der Waals surface area contributed by atoms with Gasteiger partial charge in [0.05, 0.1) is 35.3 Å². The summed E-state index contributed by atoms with van der Waals surface area (Å²) in [6.07, 6.45) is 5.07. The first-order valence-electron chi connectivity index (χ1n) is 13.1. The van der Waals surface area contributed by atoms with Gasteiger partial charge in [0.15, 0.2) is 0 Å². The number of rotatable bonds is 5. The summed E-state index contributed by atoms with van der Waals surface area (Å²) in [6.45, 7) is 8.97. The number of likely N-dealkylation sites (tertiary alicyclic amines) is 1. The van der Waals surface area contributed by atoms with Gasteiger partial charge in [0.1, 0.15) is 18.2 Å². The molecule has 188 valence electrons. The quantitative estimate of drug-likeness (QED) is 0.568. The molecule has 5 heterocycles. The van der Waals surface area contributed by atoms with Crippen molar-refractivity contribution in [3.8, 4) is 11.9 Å². The van der Waals surface area contributed by atoms with Crippen LogP contribution in [0.3, 0.4) is 0 Å². The summed E-state index contributed by atoms with van der Waals surface area (Å²) in [6, 6.07) is 7.09. The molecule has 1 aromatic carbocycles. The van der Waals surface area contributed by atoms with Gasteiger partial charge in [-0.15, -0.1) is 0 Å². The first-order valence-corrected chi connectivity index (χ1v) is 13.1. The third-order valence-electron chi connectivity index (χ3n) is 8.04. The Morgan fingerprint density at radius 1 is 1.14 bits per heavy atom. The second-order valence-corrected chi connectivity index (χ2v) is 10.2. The molecule has 3 aliphatic heterocycles. The maximum Gasteiger partial charge on any atom is 0.234 e. The van der Waals surface area contributed by atoms with Gasteiger partial charge in [-0.25, -0.2) is 4.98 Å². The van der Waals surface area contributed by atoms with Crippen LogP contribution in [0.1, 0.15) is 35.2 Å². The van der Waals surface area contributed by atoms with E-state index in [4.69, 9.17) is 9.72 Å². The molecule has 1 atom stereocenters. The van der Waals surface area contributed by atoms with Gasteiger partial charge in [0.25, 0.3) is 0 Å². The standard InChI is InChI=1S/C27H34N8O/c1-18-5-6-23-22(15-30-32-23)25(18)35-11-7-20-24(16-35)31-27(36-17-19-4-3-10-33(19)2)21(14-28)26(20)34-12-8-29-9-13-34/h5-6,15,19,29H,3-4,7-13,16-17H2,1-2H3,(H,30,32)/t19-/m0/s1. The zero-order chi connectivity index (χ0) is 24.6. The van der Waals surface area contributed by atoms with Gasteiger partial charge in [-0.05, 0) is 51.4 Å². The molecule has 0 bridgehead atoms. The van der Waals surface area contributed by atoms with Crippen LogP contribution in [0.5, 0.6) is 5.88 Å². The maximum absolute atomic E-state index is 10.3. The Kier molecular flexibility index (Phi) is 6.15. The fraction of sp³-hybridized carbons (Fsp3) is 0.519. The summed E-state index contributed by atoms with van der Waals surface area (Å²) in [5, 5.41) is 22.3. The molecule has 0 unspecified atom stereocenters. The van der Waals surface area contributed by atoms with Gasteiger partial charge in [-0.2, -0.15) is 10.4 Å². The molecule has 2 N–H and O–H groups in total. The third kappa shape index (κ3) is 4.04. The third-order valence-corrected chi connectivity index (χ3v) is 8.04. The molecule has 0 saturated carbocycles. The molecule has 3 aliphatic rings. The van der Waals surface area contributed by atoms with E-state index in [0.29, 0.717) is 30.6 Å². The van der Waals surface area contributed by atoms with Crippen LogP contribution >= 0.6 is 0 Å². The number of hydrogen-bond acceptors (Lipinski definition) is 8. The van der Waals surface area contributed by atoms with E-state index in [1.54, 1.807) is 0 Å². The van der Waals surface area contributed by atoms with E-state index < -0.39 is 0 Å². The Labute approximate surface area is 212 Å². The van der Waals surface area contributed by atoms with E-state index in [2.05, 4.69) is 62.4 Å². The van der Waals surface area contributed by atoms with Crippen molar-refractivity contribution >= 4 is 22.3 Å². The van der Waals surface area contributed by atoms with Crippen LogP contribution in [0.2, 0.25) is 0 Å². The van der Waals surface area contributed by atoms with Crippen molar-refractivity contribution in [3.63, 3.8) is 0 Å². The highest BCUT2D eigenvalue weighted by molar-refractivity contribution is 5.93. The van der Waals surface area contributed by atoms with Crippen LogP contribution in [0, 0.1) is 18.3 Å². The number of hydrogen-bond donors (Lipinski definition) is 2. The molecule has 0 aliphatic carbocycles. The fourth-order valence-electron chi connectivity index (χ4n) is 6.06. The van der Waals surface area contributed by atoms with E-state index in [0.717, 1.165) is 74.4 Å². The zero-order valence-electron chi connectivity index (χ0n) is 21.2. The molecule has 2 fully saturated rings. The smallest absolute Gasteiger partial charge is 0.234 e. The van der Waals surface area contributed by atoms with E-state index in [-0.39, 0.29) is 0 Å². The van der Waals surface area contributed by atoms with Gasteiger partial charge in [-0.3, -0.25) is 5.10 Å². The lowest BCUT2D eigenvalue weighted by Crippen LogP contribution is -2.45. The lowest BCUT2D eigenvalue weighted by atomic mass is 9.97. The molecule has 2 aromatic heterocycles. The molecular weight excluding hydrogens is 452 g/mol. The number of nitriles is 1. The predicted octanol–water partition coefficient (Wildman–Crippen LogP) is 2.58. The SMILES string of the molecule is Cc1ccc2[nH]ncc2c1N1CCc2c(nc(OC[C@@H]3CCCN3C)c(C#N)c2N2CCNCC2)C1. The van der Waals surface area contributed by atoms with Crippen LogP contribution in [-0.4, -0.2) is 79.0 Å². The van der Waals surface area contributed by atoms with Crippen LogP contribution < -0.4 is 19.9 Å². The summed E-state index contributed by atoms with van der Waals surface area (Å²) in [5.41, 5.74) is 7.33. The molecule has 6 rings (SSSR count). The van der Waals surface area contributed by atoms with Crippen molar-refractivity contribution in [1.29, 1.82) is 5.26 Å². The first-order chi connectivity index (χ1) is 17.6. The molecule has 0 radical (unpaired) electrons. The second kappa shape index (κ2) is 9.60. The van der Waals surface area contributed by atoms with Gasteiger partial charge in [0.2, 0.25) is 5.88 Å². The van der Waals surface area contributed by atoms with Gasteiger partial charge in [-0.1, -0.05) is 6.07 Å². The van der Waals surface area contributed by atoms with Crippen molar-refractivity contribution in [2.24, 2.45) is 0 Å². The number of aryl methyl sites for hydroxylation is 1. The summed E-state index contributed by atoms with van der Waals surface area (Å²) in [4.78, 5) is 12.1. The molecule has 9 heteroatoms. The fourth-order valence-corrected chi connectivity index (χ4v) is 6.06. The number of likely N-dealkylation sites (N-methyl/N-ethyl adjacent to an activating group) is 1. The van der Waals surface area contributed by atoms with Crippen molar-refractivity contribution in [3.05, 3.63) is 40.7 Å². The normalized spacial score (nSPS) is 20.5. The minimum atomic E-state index is 0.370. The summed E-state index contributed by atoms with van der Waals surface area (Å²) < 4.78 is 6.35. The number of nitrogens with one attached hydrogen (secondary N) is 2. The molecule has 3 aromatic rings. The zero-order valence-corrected chi connectivity index (χ0v) is 21.2. The van der Waals surface area contributed by atoms with Crippen LogP contribution in [0.15, 0.2) is 18.3 Å². The predicted molar refractivity (Wildman–Crippen MR) is 141 cm³/mol. The van der Waals surface area contributed by atoms with E-state index in [9.17, 15) is 5.26 Å². The highest BCUT2D eigenvalue weighted by Crippen LogP contribution is 2.39. The number of aromatic nitrogens is 3. The number of piperazine rings is 1. The number of benzene rings is 1. The highest BCUT2D eigenvalue weighted by Gasteiger charge is 2.31. The number of anilines is 2. The second-order valence-electron chi connectivity index (χ2n) is 10.2.